The van der Waals surface area contributed by atoms with Crippen molar-refractivity contribution in [1.82, 2.24) is 9.88 Å². The summed E-state index contributed by atoms with van der Waals surface area (Å²) in [6, 6.07) is 14.2. The Bertz CT molecular complexity index is 757. The van der Waals surface area contributed by atoms with E-state index in [0.717, 1.165) is 55.8 Å². The van der Waals surface area contributed by atoms with Crippen LogP contribution < -0.4 is 4.90 Å². The van der Waals surface area contributed by atoms with Crippen molar-refractivity contribution < 1.29 is 9.53 Å². The minimum Gasteiger partial charge on any atom is -0.445 e. The third-order valence-electron chi connectivity index (χ3n) is 5.78. The number of anilines is 1. The van der Waals surface area contributed by atoms with Gasteiger partial charge >= 0.3 is 6.09 Å². The molecule has 5 heteroatoms. The molecule has 0 aliphatic carbocycles. The Kier molecular flexibility index (Phi) is 6.10. The SMILES string of the molecule is O=C(OCc1ccccc1)N1CCCC[C@H]1c1ccc(N2CCCCC2)nc1. The zero-order valence-corrected chi connectivity index (χ0v) is 16.4. The molecule has 1 aromatic heterocycles. The highest BCUT2D eigenvalue weighted by Gasteiger charge is 2.29. The molecule has 1 amide bonds. The number of likely N-dealkylation sites (tertiary alicyclic amines) is 1. The average molecular weight is 380 g/mol. The minimum atomic E-state index is -0.228. The zero-order chi connectivity index (χ0) is 19.2. The lowest BCUT2D eigenvalue weighted by Gasteiger charge is -2.35. The van der Waals surface area contributed by atoms with Gasteiger partial charge in [-0.1, -0.05) is 36.4 Å². The third-order valence-corrected chi connectivity index (χ3v) is 5.78. The fourth-order valence-corrected chi connectivity index (χ4v) is 4.20. The van der Waals surface area contributed by atoms with E-state index in [0.29, 0.717) is 6.61 Å². The number of amides is 1. The predicted molar refractivity (Wildman–Crippen MR) is 110 cm³/mol. The topological polar surface area (TPSA) is 45.7 Å². The average Bonchev–Trinajstić information content (AvgIpc) is 2.79. The molecule has 148 valence electrons. The third kappa shape index (κ3) is 4.46. The van der Waals surface area contributed by atoms with Crippen molar-refractivity contribution >= 4 is 11.9 Å². The van der Waals surface area contributed by atoms with Gasteiger partial charge in [0.25, 0.3) is 0 Å². The van der Waals surface area contributed by atoms with Crippen LogP contribution in [-0.2, 0) is 11.3 Å². The second-order valence-corrected chi connectivity index (χ2v) is 7.74. The van der Waals surface area contributed by atoms with E-state index in [4.69, 9.17) is 9.72 Å². The summed E-state index contributed by atoms with van der Waals surface area (Å²) in [5, 5.41) is 0. The van der Waals surface area contributed by atoms with Crippen molar-refractivity contribution in [2.75, 3.05) is 24.5 Å². The van der Waals surface area contributed by atoms with Crippen molar-refractivity contribution in [2.24, 2.45) is 0 Å². The molecule has 5 nitrogen and oxygen atoms in total. The van der Waals surface area contributed by atoms with E-state index in [1.54, 1.807) is 0 Å². The molecule has 2 aliphatic heterocycles. The summed E-state index contributed by atoms with van der Waals surface area (Å²) < 4.78 is 5.60. The fourth-order valence-electron chi connectivity index (χ4n) is 4.20. The summed E-state index contributed by atoms with van der Waals surface area (Å²) in [4.78, 5) is 21.7. The van der Waals surface area contributed by atoms with Crippen LogP contribution in [-0.4, -0.2) is 35.6 Å². The molecule has 3 heterocycles. The number of pyridine rings is 1. The summed E-state index contributed by atoms with van der Waals surface area (Å²) in [6.07, 6.45) is 8.64. The van der Waals surface area contributed by atoms with Gasteiger partial charge < -0.3 is 14.5 Å². The first-order valence-electron chi connectivity index (χ1n) is 10.5. The van der Waals surface area contributed by atoms with Gasteiger partial charge in [0.2, 0.25) is 0 Å². The summed E-state index contributed by atoms with van der Waals surface area (Å²) >= 11 is 0. The van der Waals surface area contributed by atoms with Crippen LogP contribution in [0.15, 0.2) is 48.7 Å². The Morgan fingerprint density at radius 2 is 1.75 bits per heavy atom. The first kappa shape index (κ1) is 18.8. The van der Waals surface area contributed by atoms with E-state index in [9.17, 15) is 4.79 Å². The Balaban J connectivity index is 1.42. The van der Waals surface area contributed by atoms with Crippen molar-refractivity contribution in [3.8, 4) is 0 Å². The van der Waals surface area contributed by atoms with Gasteiger partial charge in [0, 0.05) is 25.8 Å². The quantitative estimate of drug-likeness (QED) is 0.755. The lowest BCUT2D eigenvalue weighted by molar-refractivity contribution is 0.0678. The van der Waals surface area contributed by atoms with Gasteiger partial charge in [-0.15, -0.1) is 0 Å². The summed E-state index contributed by atoms with van der Waals surface area (Å²) in [5.41, 5.74) is 2.12. The summed E-state index contributed by atoms with van der Waals surface area (Å²) in [6.45, 7) is 3.24. The number of rotatable bonds is 4. The molecular formula is C23H29N3O2. The van der Waals surface area contributed by atoms with E-state index < -0.39 is 0 Å². The molecule has 2 aliphatic rings. The lowest BCUT2D eigenvalue weighted by atomic mass is 9.97. The maximum Gasteiger partial charge on any atom is 0.410 e. The van der Waals surface area contributed by atoms with Crippen LogP contribution in [0.4, 0.5) is 10.6 Å². The van der Waals surface area contributed by atoms with Gasteiger partial charge in [-0.25, -0.2) is 9.78 Å². The number of benzene rings is 1. The second kappa shape index (κ2) is 9.09. The molecule has 4 rings (SSSR count). The van der Waals surface area contributed by atoms with E-state index in [2.05, 4.69) is 17.0 Å². The largest absolute Gasteiger partial charge is 0.445 e. The van der Waals surface area contributed by atoms with Crippen LogP contribution >= 0.6 is 0 Å². The maximum atomic E-state index is 12.7. The van der Waals surface area contributed by atoms with Gasteiger partial charge in [0.05, 0.1) is 6.04 Å². The Hall–Kier alpha value is -2.56. The number of carbonyl (C=O) groups excluding carboxylic acids is 1. The van der Waals surface area contributed by atoms with Gasteiger partial charge in [0.1, 0.15) is 12.4 Å². The van der Waals surface area contributed by atoms with Gasteiger partial charge in [0.15, 0.2) is 0 Å². The highest BCUT2D eigenvalue weighted by molar-refractivity contribution is 5.68. The normalized spacial score (nSPS) is 20.1. The fraction of sp³-hybridized carbons (Fsp3) is 0.478. The van der Waals surface area contributed by atoms with Crippen molar-refractivity contribution in [1.29, 1.82) is 0 Å². The Labute approximate surface area is 167 Å². The molecular weight excluding hydrogens is 350 g/mol. The maximum absolute atomic E-state index is 12.7. The highest BCUT2D eigenvalue weighted by Crippen LogP contribution is 2.32. The zero-order valence-electron chi connectivity index (χ0n) is 16.4. The molecule has 1 aromatic carbocycles. The van der Waals surface area contributed by atoms with E-state index in [1.807, 2.05) is 41.4 Å². The van der Waals surface area contributed by atoms with Crippen LogP contribution in [0.2, 0.25) is 0 Å². The molecule has 1 atom stereocenters. The minimum absolute atomic E-state index is 0.0555. The molecule has 0 bridgehead atoms. The molecule has 2 saturated heterocycles. The first-order chi connectivity index (χ1) is 13.8. The number of piperidine rings is 2. The van der Waals surface area contributed by atoms with Crippen LogP contribution in [0.1, 0.15) is 55.7 Å². The number of hydrogen-bond acceptors (Lipinski definition) is 4. The second-order valence-electron chi connectivity index (χ2n) is 7.74. The number of carbonyl (C=O) groups is 1. The van der Waals surface area contributed by atoms with Crippen LogP contribution in [0, 0.1) is 0 Å². The van der Waals surface area contributed by atoms with Crippen molar-refractivity contribution in [2.45, 2.75) is 51.2 Å². The van der Waals surface area contributed by atoms with Gasteiger partial charge in [-0.3, -0.25) is 0 Å². The summed E-state index contributed by atoms with van der Waals surface area (Å²) in [7, 11) is 0. The van der Waals surface area contributed by atoms with Gasteiger partial charge in [-0.05, 0) is 55.7 Å². The van der Waals surface area contributed by atoms with Crippen molar-refractivity contribution in [3.05, 3.63) is 59.8 Å². The number of hydrogen-bond donors (Lipinski definition) is 0. The molecule has 28 heavy (non-hydrogen) atoms. The number of nitrogens with zero attached hydrogens (tertiary/aromatic N) is 3. The molecule has 0 N–H and O–H groups in total. The number of ether oxygens (including phenoxy) is 1. The smallest absolute Gasteiger partial charge is 0.410 e. The number of aromatic nitrogens is 1. The van der Waals surface area contributed by atoms with E-state index >= 15 is 0 Å². The molecule has 2 aromatic rings. The van der Waals surface area contributed by atoms with E-state index in [1.165, 1.54) is 19.3 Å². The Morgan fingerprint density at radius 1 is 0.964 bits per heavy atom. The monoisotopic (exact) mass is 379 g/mol. The lowest BCUT2D eigenvalue weighted by Crippen LogP contribution is -2.39. The highest BCUT2D eigenvalue weighted by atomic mass is 16.6. The van der Waals surface area contributed by atoms with Crippen LogP contribution in [0.5, 0.6) is 0 Å². The van der Waals surface area contributed by atoms with Crippen LogP contribution in [0.25, 0.3) is 0 Å². The standard InChI is InChI=1S/C23H29N3O2/c27-23(28-18-19-9-3-1-4-10-19)26-16-8-5-11-21(26)20-12-13-22(24-17-20)25-14-6-2-7-15-25/h1,3-4,9-10,12-13,17,21H,2,5-8,11,14-16,18H2/t21-/m0/s1. The van der Waals surface area contributed by atoms with E-state index in [-0.39, 0.29) is 12.1 Å². The van der Waals surface area contributed by atoms with Gasteiger partial charge in [-0.2, -0.15) is 0 Å². The molecule has 2 fully saturated rings. The molecule has 0 unspecified atom stereocenters. The molecule has 0 saturated carbocycles. The predicted octanol–water partition coefficient (Wildman–Crippen LogP) is 4.94. The molecule has 0 spiro atoms. The Morgan fingerprint density at radius 3 is 2.50 bits per heavy atom. The van der Waals surface area contributed by atoms with Crippen molar-refractivity contribution in [3.63, 3.8) is 0 Å². The first-order valence-corrected chi connectivity index (χ1v) is 10.5. The molecule has 0 radical (unpaired) electrons. The van der Waals surface area contributed by atoms with Crippen LogP contribution in [0.3, 0.4) is 0 Å². The summed E-state index contributed by atoms with van der Waals surface area (Å²) in [5.74, 6) is 1.05.